The van der Waals surface area contributed by atoms with Crippen molar-refractivity contribution in [1.82, 2.24) is 0 Å². The van der Waals surface area contributed by atoms with Crippen molar-refractivity contribution in [3.8, 4) is 0 Å². The number of hydrogen-bond acceptors (Lipinski definition) is 6. The Hall–Kier alpha value is -3.02. The third kappa shape index (κ3) is 1.79. The average molecular weight is 338 g/mol. The van der Waals surface area contributed by atoms with E-state index in [1.54, 1.807) is 0 Å². The Bertz CT molecular complexity index is 891. The summed E-state index contributed by atoms with van der Waals surface area (Å²) in [5.41, 5.74) is -2.23. The molecule has 25 heavy (non-hydrogen) atoms. The van der Waals surface area contributed by atoms with Gasteiger partial charge in [0, 0.05) is 22.3 Å². The summed E-state index contributed by atoms with van der Waals surface area (Å²) < 4.78 is 0. The number of carbonyl (C=O) groups excluding carboxylic acids is 6. The zero-order valence-electron chi connectivity index (χ0n) is 13.9. The molecule has 0 atom stereocenters. The molecule has 0 amide bonds. The van der Waals surface area contributed by atoms with Crippen molar-refractivity contribution in [2.24, 2.45) is 11.3 Å². The molecule has 6 heteroatoms. The molecule has 0 saturated heterocycles. The zero-order valence-corrected chi connectivity index (χ0v) is 13.9. The lowest BCUT2D eigenvalue weighted by molar-refractivity contribution is -0.121. The van der Waals surface area contributed by atoms with Crippen LogP contribution in [-0.2, 0) is 9.59 Å². The Balaban J connectivity index is 2.28. The summed E-state index contributed by atoms with van der Waals surface area (Å²) >= 11 is 0. The monoisotopic (exact) mass is 338 g/mol. The van der Waals surface area contributed by atoms with Crippen molar-refractivity contribution in [1.29, 1.82) is 0 Å². The largest absolute Gasteiger partial charge is 0.299 e. The fourth-order valence-corrected chi connectivity index (χ4v) is 3.70. The first-order valence-electron chi connectivity index (χ1n) is 7.60. The SMILES string of the molecule is C=C(C)C1(C(C)=O)C(=O)c2cc3c(cc2C1=O)C(=O)C(C(C)=O)C3=O. The van der Waals surface area contributed by atoms with E-state index in [-0.39, 0.29) is 27.8 Å². The van der Waals surface area contributed by atoms with Gasteiger partial charge in [0.15, 0.2) is 34.3 Å². The Kier molecular flexibility index (Phi) is 3.36. The quantitative estimate of drug-likeness (QED) is 0.615. The van der Waals surface area contributed by atoms with Gasteiger partial charge in [0.2, 0.25) is 0 Å². The summed E-state index contributed by atoms with van der Waals surface area (Å²) in [5.74, 6) is -5.56. The second-order valence-electron chi connectivity index (χ2n) is 6.46. The molecule has 1 aromatic rings. The van der Waals surface area contributed by atoms with Gasteiger partial charge in [0.05, 0.1) is 0 Å². The summed E-state index contributed by atoms with van der Waals surface area (Å²) in [4.78, 5) is 74.1. The van der Waals surface area contributed by atoms with E-state index in [0.29, 0.717) is 0 Å². The number of benzene rings is 1. The molecule has 0 aromatic heterocycles. The predicted octanol–water partition coefficient (Wildman–Crippen LogP) is 1.80. The maximum absolute atomic E-state index is 12.8. The van der Waals surface area contributed by atoms with E-state index >= 15 is 0 Å². The van der Waals surface area contributed by atoms with E-state index in [0.717, 1.165) is 26.0 Å². The number of Topliss-reactive ketones (excluding diaryl/α,β-unsaturated/α-hetero) is 6. The molecule has 0 N–H and O–H groups in total. The Labute approximate surface area is 142 Å². The molecule has 1 aromatic carbocycles. The van der Waals surface area contributed by atoms with Crippen LogP contribution in [-0.4, -0.2) is 34.7 Å². The molecule has 0 radical (unpaired) electrons. The predicted molar refractivity (Wildman–Crippen MR) is 85.9 cm³/mol. The number of rotatable bonds is 3. The van der Waals surface area contributed by atoms with E-state index in [1.165, 1.54) is 6.92 Å². The Morgan fingerprint density at radius 3 is 1.52 bits per heavy atom. The van der Waals surface area contributed by atoms with E-state index in [1.807, 2.05) is 0 Å². The normalized spacial score (nSPS) is 18.4. The summed E-state index contributed by atoms with van der Waals surface area (Å²) in [6.07, 6.45) is 0. The van der Waals surface area contributed by atoms with Crippen molar-refractivity contribution in [3.05, 3.63) is 46.5 Å². The molecular weight excluding hydrogens is 324 g/mol. The van der Waals surface area contributed by atoms with E-state index in [9.17, 15) is 28.8 Å². The highest BCUT2D eigenvalue weighted by atomic mass is 16.2. The summed E-state index contributed by atoms with van der Waals surface area (Å²) in [6, 6.07) is 2.31. The molecule has 6 nitrogen and oxygen atoms in total. The summed E-state index contributed by atoms with van der Waals surface area (Å²) in [7, 11) is 0. The molecule has 0 unspecified atom stereocenters. The van der Waals surface area contributed by atoms with Gasteiger partial charge in [-0.2, -0.15) is 0 Å². The Morgan fingerprint density at radius 1 is 0.840 bits per heavy atom. The van der Waals surface area contributed by atoms with Crippen LogP contribution in [0.15, 0.2) is 24.3 Å². The van der Waals surface area contributed by atoms with Crippen LogP contribution in [0.5, 0.6) is 0 Å². The number of allylic oxidation sites excluding steroid dienone is 1. The van der Waals surface area contributed by atoms with Crippen LogP contribution in [0.2, 0.25) is 0 Å². The molecular formula is C19H14O6. The summed E-state index contributed by atoms with van der Waals surface area (Å²) in [5, 5.41) is 0. The van der Waals surface area contributed by atoms with Gasteiger partial charge >= 0.3 is 0 Å². The molecule has 126 valence electrons. The van der Waals surface area contributed by atoms with Crippen molar-refractivity contribution in [3.63, 3.8) is 0 Å². The van der Waals surface area contributed by atoms with Gasteiger partial charge in [-0.25, -0.2) is 0 Å². The lowest BCUT2D eigenvalue weighted by Crippen LogP contribution is -2.41. The Morgan fingerprint density at radius 2 is 1.24 bits per heavy atom. The average Bonchev–Trinajstić information content (AvgIpc) is 2.89. The van der Waals surface area contributed by atoms with Crippen LogP contribution in [0.25, 0.3) is 0 Å². The van der Waals surface area contributed by atoms with Crippen LogP contribution in [0.4, 0.5) is 0 Å². The first-order chi connectivity index (χ1) is 11.6. The lowest BCUT2D eigenvalue weighted by atomic mass is 9.74. The van der Waals surface area contributed by atoms with Gasteiger partial charge in [-0.3, -0.25) is 28.8 Å². The van der Waals surface area contributed by atoms with E-state index in [2.05, 4.69) is 6.58 Å². The molecule has 0 fully saturated rings. The van der Waals surface area contributed by atoms with Gasteiger partial charge in [0.25, 0.3) is 0 Å². The second kappa shape index (κ2) is 4.99. The number of hydrogen-bond donors (Lipinski definition) is 0. The van der Waals surface area contributed by atoms with E-state index < -0.39 is 46.0 Å². The smallest absolute Gasteiger partial charge is 0.189 e. The van der Waals surface area contributed by atoms with Gasteiger partial charge in [-0.1, -0.05) is 12.2 Å². The van der Waals surface area contributed by atoms with Crippen LogP contribution < -0.4 is 0 Å². The molecule has 0 bridgehead atoms. The number of carbonyl (C=O) groups is 6. The minimum absolute atomic E-state index is 0.0637. The maximum Gasteiger partial charge on any atom is 0.189 e. The molecule has 0 spiro atoms. The summed E-state index contributed by atoms with van der Waals surface area (Å²) in [6.45, 7) is 7.30. The highest BCUT2D eigenvalue weighted by Crippen LogP contribution is 2.44. The van der Waals surface area contributed by atoms with Crippen LogP contribution in [0.3, 0.4) is 0 Å². The van der Waals surface area contributed by atoms with Crippen molar-refractivity contribution in [2.75, 3.05) is 0 Å². The topological polar surface area (TPSA) is 102 Å². The van der Waals surface area contributed by atoms with E-state index in [4.69, 9.17) is 0 Å². The third-order valence-electron chi connectivity index (χ3n) is 4.96. The number of ketones is 6. The molecule has 2 aliphatic carbocycles. The van der Waals surface area contributed by atoms with Gasteiger partial charge in [-0.05, 0) is 32.9 Å². The van der Waals surface area contributed by atoms with Crippen molar-refractivity contribution < 1.29 is 28.8 Å². The van der Waals surface area contributed by atoms with Crippen LogP contribution >= 0.6 is 0 Å². The van der Waals surface area contributed by atoms with Crippen molar-refractivity contribution >= 4 is 34.7 Å². The second-order valence-corrected chi connectivity index (χ2v) is 6.46. The minimum Gasteiger partial charge on any atom is -0.299 e. The highest BCUT2D eigenvalue weighted by Gasteiger charge is 2.58. The standard InChI is InChI=1S/C19H14O6/c1-7(2)19(9(4)21)17(24)12-5-10-11(6-13(12)18(19)25)16(23)14(8(3)20)15(10)22/h5-6,14H,1H2,2-4H3. The zero-order chi connectivity index (χ0) is 18.8. The first kappa shape index (κ1) is 16.8. The maximum atomic E-state index is 12.8. The van der Waals surface area contributed by atoms with Crippen LogP contribution in [0.1, 0.15) is 62.2 Å². The molecule has 2 aliphatic rings. The fourth-order valence-electron chi connectivity index (χ4n) is 3.70. The lowest BCUT2D eigenvalue weighted by Gasteiger charge is -2.22. The highest BCUT2D eigenvalue weighted by molar-refractivity contribution is 6.43. The molecule has 0 heterocycles. The molecule has 0 aliphatic heterocycles. The third-order valence-corrected chi connectivity index (χ3v) is 4.96. The minimum atomic E-state index is -2.01. The fraction of sp³-hybridized carbons (Fsp3) is 0.263. The van der Waals surface area contributed by atoms with Gasteiger partial charge < -0.3 is 0 Å². The van der Waals surface area contributed by atoms with Gasteiger partial charge in [-0.15, -0.1) is 0 Å². The molecule has 3 rings (SSSR count). The first-order valence-corrected chi connectivity index (χ1v) is 7.60. The van der Waals surface area contributed by atoms with Gasteiger partial charge in [0.1, 0.15) is 11.7 Å². The van der Waals surface area contributed by atoms with Crippen molar-refractivity contribution in [2.45, 2.75) is 20.8 Å². The molecule has 0 saturated carbocycles. The number of fused-ring (bicyclic) bond motifs is 2. The van der Waals surface area contributed by atoms with Crippen LogP contribution in [0, 0.1) is 11.3 Å².